The second kappa shape index (κ2) is 5.50. The molecule has 0 saturated carbocycles. The van der Waals surface area contributed by atoms with Crippen molar-refractivity contribution >= 4 is 11.9 Å². The topological polar surface area (TPSA) is 78.4 Å². The van der Waals surface area contributed by atoms with Gasteiger partial charge < -0.3 is 10.4 Å². The normalized spacial score (nSPS) is 13.0. The predicted molar refractivity (Wildman–Crippen MR) is 57.5 cm³/mol. The first-order valence-electron chi connectivity index (χ1n) is 4.71. The molecule has 0 rings (SSSR count). The molecule has 1 atom stereocenters. The number of nitrogens with one attached hydrogen (secondary N) is 2. The Bertz CT molecular complexity index is 261. The van der Waals surface area contributed by atoms with Crippen molar-refractivity contribution in [3.8, 4) is 0 Å². The minimum absolute atomic E-state index is 0.246. The van der Waals surface area contributed by atoms with E-state index in [9.17, 15) is 9.59 Å². The zero-order chi connectivity index (χ0) is 12.1. The van der Waals surface area contributed by atoms with Crippen molar-refractivity contribution in [1.82, 2.24) is 10.6 Å². The highest BCUT2D eigenvalue weighted by molar-refractivity contribution is 5.83. The van der Waals surface area contributed by atoms with Gasteiger partial charge in [0, 0.05) is 6.54 Å². The van der Waals surface area contributed by atoms with Crippen LogP contribution in [-0.2, 0) is 9.59 Å². The molecular weight excluding hydrogens is 196 g/mol. The van der Waals surface area contributed by atoms with Crippen LogP contribution in [0.4, 0.5) is 0 Å². The molecule has 0 heterocycles. The maximum absolute atomic E-state index is 11.4. The molecular formula is C10H18N2O3. The van der Waals surface area contributed by atoms with Crippen molar-refractivity contribution in [2.45, 2.75) is 32.4 Å². The van der Waals surface area contributed by atoms with Crippen LogP contribution in [-0.4, -0.2) is 35.1 Å². The van der Waals surface area contributed by atoms with E-state index < -0.39 is 17.6 Å². The number of hydrogen-bond acceptors (Lipinski definition) is 3. The summed E-state index contributed by atoms with van der Waals surface area (Å²) in [6.45, 7) is 8.47. The molecule has 0 spiro atoms. The van der Waals surface area contributed by atoms with Crippen molar-refractivity contribution in [2.75, 3.05) is 6.54 Å². The third-order valence-electron chi connectivity index (χ3n) is 1.93. The number of carboxylic acid groups (broad SMARTS) is 1. The molecule has 0 aromatic heterocycles. The molecule has 0 aliphatic heterocycles. The van der Waals surface area contributed by atoms with E-state index >= 15 is 0 Å². The van der Waals surface area contributed by atoms with Crippen LogP contribution >= 0.6 is 0 Å². The molecule has 5 nitrogen and oxygen atoms in total. The summed E-state index contributed by atoms with van der Waals surface area (Å²) in [6.07, 6.45) is 1.56. The average Bonchev–Trinajstić information content (AvgIpc) is 2.13. The molecule has 0 fully saturated rings. The molecule has 86 valence electrons. The Morgan fingerprint density at radius 1 is 1.53 bits per heavy atom. The zero-order valence-corrected chi connectivity index (χ0v) is 9.33. The minimum Gasteiger partial charge on any atom is -0.480 e. The smallest absolute Gasteiger partial charge is 0.323 e. The number of carboxylic acids is 1. The van der Waals surface area contributed by atoms with Crippen LogP contribution in [0.1, 0.15) is 20.8 Å². The van der Waals surface area contributed by atoms with Gasteiger partial charge in [0.25, 0.3) is 0 Å². The molecule has 1 unspecified atom stereocenters. The number of aliphatic carboxylic acids is 1. The Morgan fingerprint density at radius 3 is 2.47 bits per heavy atom. The first-order chi connectivity index (χ1) is 6.81. The molecule has 0 bridgehead atoms. The molecule has 0 aromatic carbocycles. The van der Waals surface area contributed by atoms with Gasteiger partial charge in [0.2, 0.25) is 5.91 Å². The third-order valence-corrected chi connectivity index (χ3v) is 1.93. The lowest BCUT2D eigenvalue weighted by atomic mass is 10.0. The predicted octanol–water partition coefficient (Wildman–Crippen LogP) is 0.130. The third kappa shape index (κ3) is 4.60. The van der Waals surface area contributed by atoms with Gasteiger partial charge in [0.15, 0.2) is 0 Å². The lowest BCUT2D eigenvalue weighted by Gasteiger charge is -2.25. The van der Waals surface area contributed by atoms with Gasteiger partial charge in [-0.25, -0.2) is 0 Å². The van der Waals surface area contributed by atoms with Crippen LogP contribution in [0.15, 0.2) is 12.7 Å². The zero-order valence-electron chi connectivity index (χ0n) is 9.33. The van der Waals surface area contributed by atoms with Crippen molar-refractivity contribution in [3.05, 3.63) is 12.7 Å². The molecule has 5 heteroatoms. The van der Waals surface area contributed by atoms with Gasteiger partial charge >= 0.3 is 5.97 Å². The van der Waals surface area contributed by atoms with Gasteiger partial charge in [-0.1, -0.05) is 6.08 Å². The molecule has 1 amide bonds. The van der Waals surface area contributed by atoms with Gasteiger partial charge in [-0.05, 0) is 20.8 Å². The summed E-state index contributed by atoms with van der Waals surface area (Å²) in [5.41, 5.74) is -1.12. The largest absolute Gasteiger partial charge is 0.480 e. The first kappa shape index (κ1) is 13.6. The summed E-state index contributed by atoms with van der Waals surface area (Å²) in [7, 11) is 0. The molecule has 0 saturated heterocycles. The number of carbonyl (C=O) groups is 2. The van der Waals surface area contributed by atoms with Gasteiger partial charge in [0.1, 0.15) is 5.54 Å². The van der Waals surface area contributed by atoms with Crippen molar-refractivity contribution < 1.29 is 14.7 Å². The maximum Gasteiger partial charge on any atom is 0.323 e. The highest BCUT2D eigenvalue weighted by atomic mass is 16.4. The monoisotopic (exact) mass is 214 g/mol. The molecule has 3 N–H and O–H groups in total. The first-order valence-corrected chi connectivity index (χ1v) is 4.71. The lowest BCUT2D eigenvalue weighted by Crippen LogP contribution is -2.55. The van der Waals surface area contributed by atoms with E-state index in [2.05, 4.69) is 17.2 Å². The summed E-state index contributed by atoms with van der Waals surface area (Å²) in [4.78, 5) is 22.2. The summed E-state index contributed by atoms with van der Waals surface area (Å²) in [5, 5.41) is 14.1. The van der Waals surface area contributed by atoms with Crippen LogP contribution in [0.3, 0.4) is 0 Å². The molecule has 15 heavy (non-hydrogen) atoms. The van der Waals surface area contributed by atoms with Gasteiger partial charge in [-0.2, -0.15) is 0 Å². The van der Waals surface area contributed by atoms with E-state index in [0.717, 1.165) is 0 Å². The van der Waals surface area contributed by atoms with Crippen LogP contribution in [0, 0.1) is 0 Å². The Balaban J connectivity index is 4.23. The number of carbonyl (C=O) groups excluding carboxylic acids is 1. The molecule has 0 aliphatic rings. The Kier molecular flexibility index (Phi) is 5.00. The average molecular weight is 214 g/mol. The maximum atomic E-state index is 11.4. The van der Waals surface area contributed by atoms with E-state index in [4.69, 9.17) is 5.11 Å². The van der Waals surface area contributed by atoms with Gasteiger partial charge in [0.05, 0.1) is 6.04 Å². The number of amides is 1. The molecule has 0 aromatic rings. The quantitative estimate of drug-likeness (QED) is 0.549. The fraction of sp³-hybridized carbons (Fsp3) is 0.600. The van der Waals surface area contributed by atoms with Crippen molar-refractivity contribution in [2.24, 2.45) is 0 Å². The second-order valence-electron chi connectivity index (χ2n) is 3.83. The fourth-order valence-corrected chi connectivity index (χ4v) is 0.994. The highest BCUT2D eigenvalue weighted by Gasteiger charge is 2.30. The van der Waals surface area contributed by atoms with E-state index in [1.54, 1.807) is 13.0 Å². The van der Waals surface area contributed by atoms with Crippen LogP contribution < -0.4 is 10.6 Å². The molecule has 0 radical (unpaired) electrons. The van der Waals surface area contributed by atoms with Gasteiger partial charge in [-0.15, -0.1) is 6.58 Å². The van der Waals surface area contributed by atoms with E-state index in [0.29, 0.717) is 6.54 Å². The fourth-order valence-electron chi connectivity index (χ4n) is 0.994. The van der Waals surface area contributed by atoms with Gasteiger partial charge in [-0.3, -0.25) is 14.9 Å². The Labute approximate surface area is 89.6 Å². The summed E-state index contributed by atoms with van der Waals surface area (Å²) < 4.78 is 0. The van der Waals surface area contributed by atoms with E-state index in [-0.39, 0.29) is 5.91 Å². The van der Waals surface area contributed by atoms with Crippen molar-refractivity contribution in [3.63, 3.8) is 0 Å². The van der Waals surface area contributed by atoms with E-state index in [1.165, 1.54) is 13.8 Å². The van der Waals surface area contributed by atoms with E-state index in [1.807, 2.05) is 0 Å². The van der Waals surface area contributed by atoms with Crippen molar-refractivity contribution in [1.29, 1.82) is 0 Å². The number of rotatable bonds is 6. The summed E-state index contributed by atoms with van der Waals surface area (Å²) in [6, 6.07) is -0.559. The minimum atomic E-state index is -1.12. The standard InChI is InChI=1S/C10H18N2O3/c1-5-6-11-8(13)7(2)12-10(3,4)9(14)15/h5,7,12H,1,6H2,2-4H3,(H,11,13)(H,14,15). The molecule has 0 aliphatic carbocycles. The van der Waals surface area contributed by atoms with Crippen LogP contribution in [0.25, 0.3) is 0 Å². The van der Waals surface area contributed by atoms with Crippen LogP contribution in [0.5, 0.6) is 0 Å². The number of hydrogen-bond donors (Lipinski definition) is 3. The second-order valence-corrected chi connectivity index (χ2v) is 3.83. The SMILES string of the molecule is C=CCNC(=O)C(C)NC(C)(C)C(=O)O. The summed E-state index contributed by atoms with van der Waals surface area (Å²) >= 11 is 0. The van der Waals surface area contributed by atoms with Crippen LogP contribution in [0.2, 0.25) is 0 Å². The highest BCUT2D eigenvalue weighted by Crippen LogP contribution is 2.03. The lowest BCUT2D eigenvalue weighted by molar-refractivity contribution is -0.144. The Hall–Kier alpha value is -1.36. The Morgan fingerprint density at radius 2 is 2.07 bits per heavy atom. The summed E-state index contributed by atoms with van der Waals surface area (Å²) in [5.74, 6) is -1.24.